The van der Waals surface area contributed by atoms with Gasteiger partial charge in [0.25, 0.3) is 0 Å². The van der Waals surface area contributed by atoms with E-state index in [9.17, 15) is 0 Å². The number of unbranched alkanes of at least 4 members (excludes halogenated alkanes) is 1. The molecular formula is C36H57N7O. The Labute approximate surface area is 266 Å². The van der Waals surface area contributed by atoms with Gasteiger partial charge in [-0.25, -0.2) is 4.99 Å². The minimum atomic E-state index is 0.540. The van der Waals surface area contributed by atoms with Crippen LogP contribution in [0.3, 0.4) is 0 Å². The number of likely N-dealkylation sites (tertiary alicyclic amines) is 2. The van der Waals surface area contributed by atoms with Crippen LogP contribution in [0.1, 0.15) is 83.3 Å². The molecule has 4 aliphatic heterocycles. The lowest BCUT2D eigenvalue weighted by Gasteiger charge is -2.39. The molecule has 3 N–H and O–H groups in total. The molecule has 5 rings (SSSR count). The number of aliphatic imine (C=N–C) groups is 2. The number of methoxy groups -OCH3 is 1. The van der Waals surface area contributed by atoms with E-state index in [2.05, 4.69) is 85.1 Å². The summed E-state index contributed by atoms with van der Waals surface area (Å²) in [4.78, 5) is 17.3. The van der Waals surface area contributed by atoms with E-state index in [4.69, 9.17) is 20.5 Å². The maximum absolute atomic E-state index is 6.31. The highest BCUT2D eigenvalue weighted by Crippen LogP contribution is 2.28. The summed E-state index contributed by atoms with van der Waals surface area (Å²) >= 11 is 0. The molecule has 1 aromatic carbocycles. The molecule has 8 nitrogen and oxygen atoms in total. The average Bonchev–Trinajstić information content (AvgIpc) is 3.64. The molecule has 3 fully saturated rings. The molecule has 0 spiro atoms. The Balaban J connectivity index is 0.000000657. The SMILES string of the molecule is CC/C=C(N)/N=C(\c1ccccc1C)N1CCC(/C(=N\C(=C\CCC)OC)N2CC3CCC(C2)N3)=C(C)C1.CN1CCCC1. The number of hydrogen-bond donors (Lipinski definition) is 2. The van der Waals surface area contributed by atoms with Gasteiger partial charge in [-0.3, -0.25) is 0 Å². The second kappa shape index (κ2) is 16.8. The van der Waals surface area contributed by atoms with E-state index in [0.717, 1.165) is 75.0 Å². The van der Waals surface area contributed by atoms with Crippen LogP contribution >= 0.6 is 0 Å². The first-order valence-electron chi connectivity index (χ1n) is 16.9. The quantitative estimate of drug-likeness (QED) is 0.222. The maximum atomic E-state index is 6.31. The van der Waals surface area contributed by atoms with Crippen molar-refractivity contribution in [1.82, 2.24) is 20.0 Å². The van der Waals surface area contributed by atoms with E-state index in [1.54, 1.807) is 7.11 Å². The third-order valence-corrected chi connectivity index (χ3v) is 9.06. The van der Waals surface area contributed by atoms with Crippen LogP contribution in [0.15, 0.2) is 69.3 Å². The molecule has 3 saturated heterocycles. The van der Waals surface area contributed by atoms with Crippen LogP contribution < -0.4 is 11.1 Å². The van der Waals surface area contributed by atoms with Crippen LogP contribution in [-0.2, 0) is 4.74 Å². The van der Waals surface area contributed by atoms with Crippen molar-refractivity contribution in [3.63, 3.8) is 0 Å². The Hall–Kier alpha value is -3.10. The predicted molar refractivity (Wildman–Crippen MR) is 185 cm³/mol. The minimum Gasteiger partial charge on any atom is -0.481 e. The molecule has 2 atom stereocenters. The highest BCUT2D eigenvalue weighted by atomic mass is 16.5. The number of fused-ring (bicyclic) bond motifs is 2. The number of nitrogens with zero attached hydrogens (tertiary/aromatic N) is 5. The van der Waals surface area contributed by atoms with Gasteiger partial charge in [0.1, 0.15) is 17.5 Å². The van der Waals surface area contributed by atoms with E-state index in [1.807, 2.05) is 6.08 Å². The number of benzene rings is 1. The van der Waals surface area contributed by atoms with Crippen LogP contribution in [0.2, 0.25) is 0 Å². The van der Waals surface area contributed by atoms with Gasteiger partial charge < -0.3 is 30.5 Å². The first-order chi connectivity index (χ1) is 21.3. The highest BCUT2D eigenvalue weighted by Gasteiger charge is 2.35. The van der Waals surface area contributed by atoms with Crippen LogP contribution in [0.4, 0.5) is 0 Å². The highest BCUT2D eigenvalue weighted by molar-refractivity contribution is 6.03. The zero-order valence-corrected chi connectivity index (χ0v) is 28.2. The topological polar surface area (TPSA) is 81.7 Å². The average molecular weight is 604 g/mol. The summed E-state index contributed by atoms with van der Waals surface area (Å²) in [5.41, 5.74) is 11.3. The van der Waals surface area contributed by atoms with Gasteiger partial charge in [-0.1, -0.05) is 44.5 Å². The number of ether oxygens (including phenoxy) is 1. The molecule has 0 saturated carbocycles. The fourth-order valence-electron chi connectivity index (χ4n) is 6.63. The van der Waals surface area contributed by atoms with Gasteiger partial charge in [-0.2, -0.15) is 4.99 Å². The van der Waals surface area contributed by atoms with E-state index >= 15 is 0 Å². The van der Waals surface area contributed by atoms with Crippen molar-refractivity contribution in [3.05, 3.63) is 70.4 Å². The van der Waals surface area contributed by atoms with Crippen molar-refractivity contribution >= 4 is 11.7 Å². The zero-order valence-electron chi connectivity index (χ0n) is 28.2. The molecule has 1 aromatic rings. The molecule has 4 aliphatic rings. The van der Waals surface area contributed by atoms with E-state index < -0.39 is 0 Å². The lowest BCUT2D eigenvalue weighted by Crippen LogP contribution is -2.54. The Kier molecular flexibility index (Phi) is 12.9. The summed E-state index contributed by atoms with van der Waals surface area (Å²) in [6.07, 6.45) is 13.2. The molecule has 242 valence electrons. The normalized spacial score (nSPS) is 23.7. The largest absolute Gasteiger partial charge is 0.481 e. The molecular weight excluding hydrogens is 546 g/mol. The van der Waals surface area contributed by atoms with Crippen molar-refractivity contribution in [2.24, 2.45) is 15.7 Å². The third kappa shape index (κ3) is 9.21. The lowest BCUT2D eigenvalue weighted by atomic mass is 9.97. The fraction of sp³-hybridized carbons (Fsp3) is 0.611. The summed E-state index contributed by atoms with van der Waals surface area (Å²) < 4.78 is 5.73. The summed E-state index contributed by atoms with van der Waals surface area (Å²) in [6, 6.07) is 9.52. The Morgan fingerprint density at radius 3 is 2.25 bits per heavy atom. The zero-order chi connectivity index (χ0) is 31.5. The van der Waals surface area contributed by atoms with E-state index in [1.165, 1.54) is 55.5 Å². The van der Waals surface area contributed by atoms with Crippen LogP contribution in [0.25, 0.3) is 0 Å². The standard InChI is InChI=1S/C31H46N6O.C5H11N/c1-6-8-14-29(38-5)35-31(37-20-24-15-16-25(21-37)33-24)27-17-18-36(19-23(27)4)30(34-28(32)11-7-2)26-13-10-9-12-22(26)3;1-6-4-2-3-5-6/h9-14,24-25,33H,6-8,15-21,32H2,1-5H3;2-5H2,1H3/b28-11+,29-14-,34-30+,35-31+;. The number of nitrogens with one attached hydrogen (secondary N) is 1. The molecule has 2 bridgehead atoms. The van der Waals surface area contributed by atoms with Gasteiger partial charge >= 0.3 is 0 Å². The Bertz CT molecular complexity index is 1230. The van der Waals surface area contributed by atoms with Crippen molar-refractivity contribution < 1.29 is 4.74 Å². The summed E-state index contributed by atoms with van der Waals surface area (Å²) in [7, 11) is 3.90. The number of amidine groups is 2. The molecule has 0 aliphatic carbocycles. The number of allylic oxidation sites excluding steroid dienone is 2. The Morgan fingerprint density at radius 2 is 1.68 bits per heavy atom. The van der Waals surface area contributed by atoms with E-state index in [-0.39, 0.29) is 0 Å². The fourth-order valence-corrected chi connectivity index (χ4v) is 6.63. The van der Waals surface area contributed by atoms with Gasteiger partial charge in [0.2, 0.25) is 5.88 Å². The second-order valence-electron chi connectivity index (χ2n) is 12.7. The van der Waals surface area contributed by atoms with Crippen molar-refractivity contribution in [1.29, 1.82) is 0 Å². The van der Waals surface area contributed by atoms with E-state index in [0.29, 0.717) is 17.9 Å². The van der Waals surface area contributed by atoms with Gasteiger partial charge in [-0.05, 0) is 108 Å². The van der Waals surface area contributed by atoms with Crippen LogP contribution in [0.5, 0.6) is 0 Å². The van der Waals surface area contributed by atoms with Crippen molar-refractivity contribution in [3.8, 4) is 0 Å². The van der Waals surface area contributed by atoms with Gasteiger partial charge in [0.05, 0.1) is 7.11 Å². The minimum absolute atomic E-state index is 0.540. The number of piperazine rings is 1. The predicted octanol–water partition coefficient (Wildman–Crippen LogP) is 5.81. The molecule has 4 heterocycles. The van der Waals surface area contributed by atoms with Gasteiger partial charge in [0.15, 0.2) is 0 Å². The third-order valence-electron chi connectivity index (χ3n) is 9.06. The lowest BCUT2D eigenvalue weighted by molar-refractivity contribution is 0.271. The van der Waals surface area contributed by atoms with Gasteiger partial charge in [0, 0.05) is 43.8 Å². The molecule has 44 heavy (non-hydrogen) atoms. The molecule has 0 aromatic heterocycles. The number of aryl methyl sites for hydroxylation is 1. The number of nitrogens with two attached hydrogens (primary N) is 1. The smallest absolute Gasteiger partial charge is 0.210 e. The molecule has 2 unspecified atom stereocenters. The number of hydrogen-bond acceptors (Lipinski definition) is 6. The first kappa shape index (κ1) is 33.8. The second-order valence-corrected chi connectivity index (χ2v) is 12.7. The summed E-state index contributed by atoms with van der Waals surface area (Å²) in [6.45, 7) is 14.9. The molecule has 8 heteroatoms. The van der Waals surface area contributed by atoms with Crippen LogP contribution in [-0.4, -0.2) is 91.9 Å². The Morgan fingerprint density at radius 1 is 0.977 bits per heavy atom. The summed E-state index contributed by atoms with van der Waals surface area (Å²) in [5, 5.41) is 3.77. The van der Waals surface area contributed by atoms with Crippen LogP contribution in [0, 0.1) is 6.92 Å². The monoisotopic (exact) mass is 603 g/mol. The molecule has 0 radical (unpaired) electrons. The van der Waals surface area contributed by atoms with Gasteiger partial charge in [-0.15, -0.1) is 0 Å². The number of rotatable bonds is 8. The van der Waals surface area contributed by atoms with Crippen molar-refractivity contribution in [2.75, 3.05) is 53.4 Å². The maximum Gasteiger partial charge on any atom is 0.210 e. The first-order valence-corrected chi connectivity index (χ1v) is 16.9. The summed E-state index contributed by atoms with van der Waals surface area (Å²) in [5.74, 6) is 3.32. The van der Waals surface area contributed by atoms with Crippen molar-refractivity contribution in [2.45, 2.75) is 91.1 Å². The molecule has 0 amide bonds.